The summed E-state index contributed by atoms with van der Waals surface area (Å²) in [5, 5.41) is 19.0. The van der Waals surface area contributed by atoms with Crippen molar-refractivity contribution in [2.75, 3.05) is 6.61 Å². The Bertz CT molecular complexity index is 211. The molecule has 3 nitrogen and oxygen atoms in total. The van der Waals surface area contributed by atoms with Crippen LogP contribution in [0.5, 0.6) is 0 Å². The summed E-state index contributed by atoms with van der Waals surface area (Å²) in [5.74, 6) is -1.20. The number of rotatable bonds is 0. The molecule has 0 aromatic rings. The van der Waals surface area contributed by atoms with Gasteiger partial charge in [-0.2, -0.15) is 0 Å². The van der Waals surface area contributed by atoms with E-state index in [-0.39, 0.29) is 6.61 Å². The van der Waals surface area contributed by atoms with Crippen LogP contribution in [0.25, 0.3) is 0 Å². The zero-order valence-corrected chi connectivity index (χ0v) is 6.50. The molecular weight excluding hydrogens is 144 g/mol. The van der Waals surface area contributed by atoms with Gasteiger partial charge in [0.05, 0.1) is 6.61 Å². The molecule has 2 atom stereocenters. The summed E-state index contributed by atoms with van der Waals surface area (Å²) < 4.78 is 5.01. The Kier molecular flexibility index (Phi) is 1.36. The molecule has 0 radical (unpaired) electrons. The maximum atomic E-state index is 9.59. The van der Waals surface area contributed by atoms with Crippen LogP contribution in [0.3, 0.4) is 0 Å². The highest BCUT2D eigenvalue weighted by Gasteiger charge is 2.43. The molecule has 3 heteroatoms. The van der Waals surface area contributed by atoms with Gasteiger partial charge in [0, 0.05) is 5.57 Å². The molecule has 2 aliphatic rings. The molecule has 0 aromatic carbocycles. The average molecular weight is 156 g/mol. The topological polar surface area (TPSA) is 49.7 Å². The zero-order chi connectivity index (χ0) is 8.06. The van der Waals surface area contributed by atoms with Gasteiger partial charge in [-0.1, -0.05) is 5.57 Å². The van der Waals surface area contributed by atoms with Crippen LogP contribution in [-0.4, -0.2) is 28.7 Å². The lowest BCUT2D eigenvalue weighted by Gasteiger charge is -2.17. The second kappa shape index (κ2) is 2.06. The Morgan fingerprint density at radius 2 is 2.18 bits per heavy atom. The molecule has 1 unspecified atom stereocenters. The molecule has 1 saturated carbocycles. The summed E-state index contributed by atoms with van der Waals surface area (Å²) in [6.07, 6.45) is 1.43. The van der Waals surface area contributed by atoms with E-state index in [0.717, 1.165) is 12.8 Å². The molecule has 2 N–H and O–H groups in total. The molecule has 1 heterocycles. The summed E-state index contributed by atoms with van der Waals surface area (Å²) in [5.41, 5.74) is 1.87. The van der Waals surface area contributed by atoms with Crippen LogP contribution < -0.4 is 0 Å². The lowest BCUT2D eigenvalue weighted by atomic mass is 10.0. The number of aliphatic hydroxyl groups is 2. The molecule has 0 bridgehead atoms. The molecule has 62 valence electrons. The Labute approximate surface area is 65.3 Å². The van der Waals surface area contributed by atoms with Crippen LogP contribution >= 0.6 is 0 Å². The fourth-order valence-corrected chi connectivity index (χ4v) is 1.61. The van der Waals surface area contributed by atoms with Crippen LogP contribution in [-0.2, 0) is 4.74 Å². The van der Waals surface area contributed by atoms with Crippen molar-refractivity contribution in [3.05, 3.63) is 11.1 Å². The van der Waals surface area contributed by atoms with Gasteiger partial charge < -0.3 is 14.9 Å². The van der Waals surface area contributed by atoms with Crippen LogP contribution in [0, 0.1) is 0 Å². The first-order chi connectivity index (χ1) is 5.11. The number of hydrogen-bond donors (Lipinski definition) is 2. The van der Waals surface area contributed by atoms with Gasteiger partial charge in [-0.05, 0) is 19.8 Å². The Hall–Kier alpha value is -0.380. The second-order valence-corrected chi connectivity index (χ2v) is 3.33. The standard InChI is InChI=1S/C8H12O3/c1-8(10)7(5-2-3-5)6(9)4-11-8/h6,9-10H,2-4H2,1H3/t6?,8-/m0/s1. The van der Waals surface area contributed by atoms with Gasteiger partial charge in [0.25, 0.3) is 0 Å². The van der Waals surface area contributed by atoms with Gasteiger partial charge in [0.1, 0.15) is 6.10 Å². The van der Waals surface area contributed by atoms with E-state index in [1.165, 1.54) is 5.57 Å². The van der Waals surface area contributed by atoms with Gasteiger partial charge in [0.15, 0.2) is 5.79 Å². The van der Waals surface area contributed by atoms with E-state index in [0.29, 0.717) is 5.57 Å². The van der Waals surface area contributed by atoms with Crippen LogP contribution in [0.1, 0.15) is 19.8 Å². The van der Waals surface area contributed by atoms with Gasteiger partial charge in [-0.25, -0.2) is 0 Å². The number of ether oxygens (including phenoxy) is 1. The number of allylic oxidation sites excluding steroid dienone is 1. The highest BCUT2D eigenvalue weighted by molar-refractivity contribution is 5.34. The van der Waals surface area contributed by atoms with Gasteiger partial charge in [-0.15, -0.1) is 0 Å². The summed E-state index contributed by atoms with van der Waals surface area (Å²) in [7, 11) is 0. The predicted octanol–water partition coefficient (Wildman–Crippen LogP) is 0.176. The molecule has 2 rings (SSSR count). The first kappa shape index (κ1) is 7.28. The maximum absolute atomic E-state index is 9.59. The first-order valence-corrected chi connectivity index (χ1v) is 3.88. The van der Waals surface area contributed by atoms with E-state index in [4.69, 9.17) is 4.74 Å². The zero-order valence-electron chi connectivity index (χ0n) is 6.50. The van der Waals surface area contributed by atoms with E-state index < -0.39 is 11.9 Å². The van der Waals surface area contributed by atoms with E-state index in [1.807, 2.05) is 0 Å². The van der Waals surface area contributed by atoms with Crippen LogP contribution in [0.2, 0.25) is 0 Å². The van der Waals surface area contributed by atoms with E-state index in [2.05, 4.69) is 0 Å². The number of hydrogen-bond acceptors (Lipinski definition) is 3. The lowest BCUT2D eigenvalue weighted by Crippen LogP contribution is -2.26. The van der Waals surface area contributed by atoms with Crippen molar-refractivity contribution in [3.8, 4) is 0 Å². The molecule has 0 amide bonds. The first-order valence-electron chi connectivity index (χ1n) is 3.88. The minimum atomic E-state index is -1.20. The highest BCUT2D eigenvalue weighted by atomic mass is 16.6. The molecule has 0 aromatic heterocycles. The summed E-state index contributed by atoms with van der Waals surface area (Å²) >= 11 is 0. The molecule has 2 fully saturated rings. The highest BCUT2D eigenvalue weighted by Crippen LogP contribution is 2.41. The van der Waals surface area contributed by atoms with Crippen molar-refractivity contribution in [2.24, 2.45) is 0 Å². The minimum absolute atomic E-state index is 0.228. The minimum Gasteiger partial charge on any atom is -0.386 e. The normalized spacial score (nSPS) is 43.4. The summed E-state index contributed by atoms with van der Waals surface area (Å²) in [6, 6.07) is 0. The third-order valence-electron chi connectivity index (χ3n) is 2.24. The number of aliphatic hydroxyl groups excluding tert-OH is 1. The third kappa shape index (κ3) is 1.09. The summed E-state index contributed by atoms with van der Waals surface area (Å²) in [6.45, 7) is 1.82. The van der Waals surface area contributed by atoms with E-state index in [9.17, 15) is 10.2 Å². The largest absolute Gasteiger partial charge is 0.386 e. The smallest absolute Gasteiger partial charge is 0.188 e. The lowest BCUT2D eigenvalue weighted by molar-refractivity contribution is -0.133. The Balaban J connectivity index is 2.34. The van der Waals surface area contributed by atoms with Crippen molar-refractivity contribution in [1.29, 1.82) is 0 Å². The van der Waals surface area contributed by atoms with E-state index >= 15 is 0 Å². The molecule has 11 heavy (non-hydrogen) atoms. The fraction of sp³-hybridized carbons (Fsp3) is 0.750. The quantitative estimate of drug-likeness (QED) is 0.492. The second-order valence-electron chi connectivity index (χ2n) is 3.33. The molecular formula is C8H12O3. The van der Waals surface area contributed by atoms with Crippen molar-refractivity contribution in [2.45, 2.75) is 31.7 Å². The summed E-state index contributed by atoms with van der Waals surface area (Å²) in [4.78, 5) is 0. The van der Waals surface area contributed by atoms with Crippen LogP contribution in [0.15, 0.2) is 11.1 Å². The van der Waals surface area contributed by atoms with Gasteiger partial charge in [-0.3, -0.25) is 0 Å². The average Bonchev–Trinajstić information content (AvgIpc) is 2.64. The SMILES string of the molecule is C[C@]1(O)OCC(O)C1=C1CC1. The van der Waals surface area contributed by atoms with Crippen molar-refractivity contribution in [1.82, 2.24) is 0 Å². The third-order valence-corrected chi connectivity index (χ3v) is 2.24. The van der Waals surface area contributed by atoms with Crippen molar-refractivity contribution >= 4 is 0 Å². The molecule has 1 saturated heterocycles. The van der Waals surface area contributed by atoms with E-state index in [1.54, 1.807) is 6.92 Å². The van der Waals surface area contributed by atoms with Crippen LogP contribution in [0.4, 0.5) is 0 Å². The van der Waals surface area contributed by atoms with Gasteiger partial charge in [0.2, 0.25) is 0 Å². The van der Waals surface area contributed by atoms with Gasteiger partial charge >= 0.3 is 0 Å². The molecule has 1 aliphatic heterocycles. The monoisotopic (exact) mass is 156 g/mol. The molecule has 0 spiro atoms. The Morgan fingerprint density at radius 3 is 2.55 bits per heavy atom. The maximum Gasteiger partial charge on any atom is 0.188 e. The molecule has 1 aliphatic carbocycles. The Morgan fingerprint density at radius 1 is 1.55 bits per heavy atom. The fourth-order valence-electron chi connectivity index (χ4n) is 1.61. The van der Waals surface area contributed by atoms with Crippen molar-refractivity contribution < 1.29 is 14.9 Å². The predicted molar refractivity (Wildman–Crippen MR) is 38.8 cm³/mol. The van der Waals surface area contributed by atoms with Crippen molar-refractivity contribution in [3.63, 3.8) is 0 Å².